The van der Waals surface area contributed by atoms with Gasteiger partial charge in [-0.1, -0.05) is 12.1 Å². The summed E-state index contributed by atoms with van der Waals surface area (Å²) >= 11 is 1.58. The van der Waals surface area contributed by atoms with Crippen LogP contribution in [0.5, 0.6) is 0 Å². The number of hydrogen-bond donors (Lipinski definition) is 1. The fourth-order valence-corrected chi connectivity index (χ4v) is 4.81. The second-order valence-electron chi connectivity index (χ2n) is 6.55. The van der Waals surface area contributed by atoms with Gasteiger partial charge in [0.15, 0.2) is 0 Å². The summed E-state index contributed by atoms with van der Waals surface area (Å²) < 4.78 is 19.4. The molecule has 1 saturated carbocycles. The van der Waals surface area contributed by atoms with Crippen LogP contribution < -0.4 is 0 Å². The van der Waals surface area contributed by atoms with Gasteiger partial charge in [0, 0.05) is 35.6 Å². The molecule has 1 aromatic carbocycles. The van der Waals surface area contributed by atoms with Crippen molar-refractivity contribution in [3.05, 3.63) is 30.1 Å². The standard InChI is InChI=1S/C18H26FNO2S/c1-2-22-17-13-16(21)18(17)7-9-20(10-8-18)11-12-23-15-6-4-3-5-14(15)19/h3-6,16-17,21H,2,7-13H2,1H3. The number of hydrogen-bond acceptors (Lipinski definition) is 4. The lowest BCUT2D eigenvalue weighted by Crippen LogP contribution is -2.62. The number of rotatable bonds is 6. The highest BCUT2D eigenvalue weighted by atomic mass is 32.2. The van der Waals surface area contributed by atoms with Crippen LogP contribution >= 0.6 is 11.8 Å². The Hall–Kier alpha value is -0.620. The van der Waals surface area contributed by atoms with Crippen molar-refractivity contribution in [2.24, 2.45) is 5.41 Å². The lowest BCUT2D eigenvalue weighted by atomic mass is 9.58. The molecule has 0 radical (unpaired) electrons. The fraction of sp³-hybridized carbons (Fsp3) is 0.667. The maximum atomic E-state index is 13.6. The first-order valence-electron chi connectivity index (χ1n) is 8.55. The molecule has 1 aromatic rings. The molecule has 2 atom stereocenters. The molecule has 1 spiro atoms. The number of likely N-dealkylation sites (tertiary alicyclic amines) is 1. The first-order valence-corrected chi connectivity index (χ1v) is 9.53. The number of halogens is 1. The van der Waals surface area contributed by atoms with Crippen LogP contribution in [-0.4, -0.2) is 54.2 Å². The van der Waals surface area contributed by atoms with E-state index < -0.39 is 0 Å². The van der Waals surface area contributed by atoms with Gasteiger partial charge < -0.3 is 14.7 Å². The zero-order chi connectivity index (χ0) is 16.3. The van der Waals surface area contributed by atoms with E-state index in [1.54, 1.807) is 17.8 Å². The van der Waals surface area contributed by atoms with E-state index in [1.807, 2.05) is 19.1 Å². The number of aliphatic hydroxyl groups excluding tert-OH is 1. The van der Waals surface area contributed by atoms with Gasteiger partial charge in [-0.3, -0.25) is 0 Å². The monoisotopic (exact) mass is 339 g/mol. The van der Waals surface area contributed by atoms with E-state index >= 15 is 0 Å². The van der Waals surface area contributed by atoms with Gasteiger partial charge in [-0.05, 0) is 45.0 Å². The average Bonchev–Trinajstić information content (AvgIpc) is 2.57. The van der Waals surface area contributed by atoms with Crippen LogP contribution in [0.2, 0.25) is 0 Å². The number of benzene rings is 1. The first kappa shape index (κ1) is 17.2. The predicted molar refractivity (Wildman–Crippen MR) is 91.3 cm³/mol. The lowest BCUT2D eigenvalue weighted by molar-refractivity contribution is -0.209. The Kier molecular flexibility index (Phi) is 5.62. The maximum absolute atomic E-state index is 13.6. The lowest BCUT2D eigenvalue weighted by Gasteiger charge is -2.56. The Morgan fingerprint density at radius 1 is 1.35 bits per heavy atom. The van der Waals surface area contributed by atoms with Gasteiger partial charge in [0.1, 0.15) is 5.82 Å². The van der Waals surface area contributed by atoms with Crippen molar-refractivity contribution in [3.63, 3.8) is 0 Å². The van der Waals surface area contributed by atoms with Crippen molar-refractivity contribution in [1.29, 1.82) is 0 Å². The highest BCUT2D eigenvalue weighted by Crippen LogP contribution is 2.50. The van der Waals surface area contributed by atoms with Crippen molar-refractivity contribution < 1.29 is 14.2 Å². The molecule has 1 aliphatic heterocycles. The number of thioether (sulfide) groups is 1. The Bertz CT molecular complexity index is 517. The molecule has 1 N–H and O–H groups in total. The molecule has 2 aliphatic rings. The molecule has 1 heterocycles. The van der Waals surface area contributed by atoms with Crippen LogP contribution in [0.3, 0.4) is 0 Å². The number of piperidine rings is 1. The van der Waals surface area contributed by atoms with Gasteiger partial charge >= 0.3 is 0 Å². The Morgan fingerprint density at radius 3 is 2.74 bits per heavy atom. The van der Waals surface area contributed by atoms with Gasteiger partial charge in [0.25, 0.3) is 0 Å². The first-order chi connectivity index (χ1) is 11.2. The molecule has 0 aromatic heterocycles. The molecule has 3 nitrogen and oxygen atoms in total. The summed E-state index contributed by atoms with van der Waals surface area (Å²) in [6, 6.07) is 6.95. The molecule has 0 bridgehead atoms. The summed E-state index contributed by atoms with van der Waals surface area (Å²) in [5.74, 6) is 0.762. The SMILES string of the molecule is CCOC1CC(O)C12CCN(CCSc1ccccc1F)CC2. The highest BCUT2D eigenvalue weighted by Gasteiger charge is 2.55. The quantitative estimate of drug-likeness (QED) is 0.807. The second kappa shape index (κ2) is 7.51. The minimum Gasteiger partial charge on any atom is -0.392 e. The molecule has 1 saturated heterocycles. The minimum atomic E-state index is -0.200. The number of ether oxygens (including phenoxy) is 1. The molecule has 1 aliphatic carbocycles. The summed E-state index contributed by atoms with van der Waals surface area (Å²) in [7, 11) is 0. The smallest absolute Gasteiger partial charge is 0.136 e. The Labute approximate surface area is 142 Å². The zero-order valence-electron chi connectivity index (χ0n) is 13.7. The topological polar surface area (TPSA) is 32.7 Å². The predicted octanol–water partition coefficient (Wildman–Crippen LogP) is 3.17. The van der Waals surface area contributed by atoms with E-state index in [1.165, 1.54) is 6.07 Å². The van der Waals surface area contributed by atoms with E-state index in [4.69, 9.17) is 4.74 Å². The van der Waals surface area contributed by atoms with Crippen molar-refractivity contribution in [3.8, 4) is 0 Å². The fourth-order valence-electron chi connectivity index (χ4n) is 3.86. The van der Waals surface area contributed by atoms with Crippen LogP contribution in [0.15, 0.2) is 29.2 Å². The van der Waals surface area contributed by atoms with Crippen molar-refractivity contribution in [2.45, 2.75) is 43.3 Å². The van der Waals surface area contributed by atoms with Crippen molar-refractivity contribution in [1.82, 2.24) is 4.90 Å². The van der Waals surface area contributed by atoms with Gasteiger partial charge in [-0.25, -0.2) is 4.39 Å². The molecule has 23 heavy (non-hydrogen) atoms. The Balaban J connectivity index is 1.44. The summed E-state index contributed by atoms with van der Waals surface area (Å²) in [5, 5.41) is 10.2. The van der Waals surface area contributed by atoms with E-state index in [-0.39, 0.29) is 23.4 Å². The van der Waals surface area contributed by atoms with Crippen LogP contribution in [0.1, 0.15) is 26.2 Å². The van der Waals surface area contributed by atoms with Gasteiger partial charge in [0.2, 0.25) is 0 Å². The van der Waals surface area contributed by atoms with Crippen LogP contribution in [0.25, 0.3) is 0 Å². The summed E-state index contributed by atoms with van der Waals surface area (Å²) in [6.07, 6.45) is 2.83. The van der Waals surface area contributed by atoms with Crippen molar-refractivity contribution in [2.75, 3.05) is 32.0 Å². The Morgan fingerprint density at radius 2 is 2.09 bits per heavy atom. The normalized spacial score (nSPS) is 27.1. The average molecular weight is 339 g/mol. The van der Waals surface area contributed by atoms with Crippen LogP contribution in [-0.2, 0) is 4.74 Å². The highest BCUT2D eigenvalue weighted by molar-refractivity contribution is 7.99. The zero-order valence-corrected chi connectivity index (χ0v) is 14.5. The van der Waals surface area contributed by atoms with Gasteiger partial charge in [0.05, 0.1) is 12.2 Å². The largest absolute Gasteiger partial charge is 0.392 e. The summed E-state index contributed by atoms with van der Waals surface area (Å²) in [5.41, 5.74) is -0.00874. The number of nitrogens with zero attached hydrogens (tertiary/aromatic N) is 1. The van der Waals surface area contributed by atoms with E-state index in [0.717, 1.165) is 56.2 Å². The molecule has 2 fully saturated rings. The molecular formula is C18H26FNO2S. The van der Waals surface area contributed by atoms with Gasteiger partial charge in [-0.2, -0.15) is 0 Å². The molecular weight excluding hydrogens is 313 g/mol. The molecule has 128 valence electrons. The molecule has 0 amide bonds. The third-order valence-electron chi connectivity index (χ3n) is 5.40. The molecule has 5 heteroatoms. The maximum Gasteiger partial charge on any atom is 0.136 e. The van der Waals surface area contributed by atoms with Crippen molar-refractivity contribution >= 4 is 11.8 Å². The summed E-state index contributed by atoms with van der Waals surface area (Å²) in [4.78, 5) is 3.15. The van der Waals surface area contributed by atoms with E-state index in [0.29, 0.717) is 0 Å². The third kappa shape index (κ3) is 3.58. The molecule has 3 rings (SSSR count). The number of aliphatic hydroxyl groups is 1. The van der Waals surface area contributed by atoms with Crippen LogP contribution in [0, 0.1) is 11.2 Å². The van der Waals surface area contributed by atoms with E-state index in [2.05, 4.69) is 4.90 Å². The third-order valence-corrected chi connectivity index (χ3v) is 6.43. The second-order valence-corrected chi connectivity index (χ2v) is 7.69. The van der Waals surface area contributed by atoms with E-state index in [9.17, 15) is 9.50 Å². The van der Waals surface area contributed by atoms with Crippen LogP contribution in [0.4, 0.5) is 4.39 Å². The van der Waals surface area contributed by atoms with Gasteiger partial charge in [-0.15, -0.1) is 11.8 Å². The summed E-state index contributed by atoms with van der Waals surface area (Å²) in [6.45, 7) is 5.71. The molecule has 2 unspecified atom stereocenters. The minimum absolute atomic E-state index is 0.00874.